The summed E-state index contributed by atoms with van der Waals surface area (Å²) < 4.78 is 23.1. The lowest BCUT2D eigenvalue weighted by Crippen LogP contribution is -2.68. The summed E-state index contributed by atoms with van der Waals surface area (Å²) in [5.41, 5.74) is 22.9. The van der Waals surface area contributed by atoms with E-state index in [2.05, 4.69) is 5.32 Å². The second-order valence-electron chi connectivity index (χ2n) is 8.81. The molecular weight excluding hydrogens is 410 g/mol. The molecule has 0 aromatic rings. The van der Waals surface area contributed by atoms with Crippen LogP contribution in [-0.2, 0) is 18.9 Å². The van der Waals surface area contributed by atoms with Gasteiger partial charge >= 0.3 is 0 Å². The predicted molar refractivity (Wildman–Crippen MR) is 110 cm³/mol. The smallest absolute Gasteiger partial charge is 0.215 e. The Morgan fingerprint density at radius 1 is 1.10 bits per heavy atom. The minimum atomic E-state index is -1.29. The zero-order valence-corrected chi connectivity index (χ0v) is 18.0. The molecule has 3 aliphatic rings. The first-order valence-corrected chi connectivity index (χ1v) is 10.6. The molecule has 0 aromatic heterocycles. The minimum Gasteiger partial charge on any atom is -0.467 e. The lowest BCUT2D eigenvalue weighted by Gasteiger charge is -2.48. The van der Waals surface area contributed by atoms with Crippen LogP contribution in [0.1, 0.15) is 19.8 Å². The monoisotopic (exact) mass is 447 g/mol. The number of likely N-dealkylation sites (N-methyl/N-ethyl adjacent to an activating group) is 1. The zero-order chi connectivity index (χ0) is 22.9. The summed E-state index contributed by atoms with van der Waals surface area (Å²) in [5.74, 6) is 0.555. The van der Waals surface area contributed by atoms with Crippen LogP contribution in [0.2, 0.25) is 0 Å². The number of nitrogens with two attached hydrogens (primary N) is 4. The van der Waals surface area contributed by atoms with E-state index in [4.69, 9.17) is 41.9 Å². The molecule has 1 saturated heterocycles. The van der Waals surface area contributed by atoms with Gasteiger partial charge in [-0.1, -0.05) is 0 Å². The molecule has 1 saturated carbocycles. The van der Waals surface area contributed by atoms with Gasteiger partial charge in [-0.2, -0.15) is 0 Å². The standard InChI is InChI=1S/C19H37N5O7/c1-19(27)7-28-18(13(26)16(19)24-2)31-15-11(23)5-10(22)14(12(15)25)30-17-9(21)4-3-8(6-20)29-17/h3,9-18,24-27H,4-7,20-23H2,1-2H3/t9-,10-,11-,12-,13-,14-,15-,16-,17+,18-,19-/m0/s1. The second kappa shape index (κ2) is 9.93. The summed E-state index contributed by atoms with van der Waals surface area (Å²) in [6.45, 7) is 1.68. The average molecular weight is 448 g/mol. The van der Waals surface area contributed by atoms with Gasteiger partial charge in [0.05, 0.1) is 25.2 Å². The highest BCUT2D eigenvalue weighted by Gasteiger charge is 2.50. The molecule has 2 fully saturated rings. The maximum Gasteiger partial charge on any atom is 0.215 e. The van der Waals surface area contributed by atoms with Crippen LogP contribution in [-0.4, -0.2) is 102 Å². The Hall–Kier alpha value is -0.900. The number of ether oxygens (including phenoxy) is 4. The molecule has 2 heterocycles. The minimum absolute atomic E-state index is 0.0727. The summed E-state index contributed by atoms with van der Waals surface area (Å²) in [6.07, 6.45) is -3.56. The van der Waals surface area contributed by atoms with Gasteiger partial charge in [0.2, 0.25) is 6.29 Å². The lowest BCUT2D eigenvalue weighted by atomic mass is 9.84. The first kappa shape index (κ1) is 24.7. The van der Waals surface area contributed by atoms with Gasteiger partial charge in [0.15, 0.2) is 6.29 Å². The molecule has 0 amide bonds. The molecule has 0 unspecified atom stereocenters. The molecule has 180 valence electrons. The van der Waals surface area contributed by atoms with Crippen LogP contribution in [0.4, 0.5) is 0 Å². The normalized spacial score (nSPS) is 48.7. The van der Waals surface area contributed by atoms with Crippen LogP contribution >= 0.6 is 0 Å². The highest BCUT2D eigenvalue weighted by atomic mass is 16.7. The van der Waals surface area contributed by atoms with Crippen molar-refractivity contribution in [1.29, 1.82) is 0 Å². The van der Waals surface area contributed by atoms with Crippen LogP contribution in [0.5, 0.6) is 0 Å². The third-order valence-corrected chi connectivity index (χ3v) is 6.22. The maximum atomic E-state index is 11.0. The van der Waals surface area contributed by atoms with Crippen molar-refractivity contribution in [2.24, 2.45) is 22.9 Å². The van der Waals surface area contributed by atoms with Crippen LogP contribution in [0.15, 0.2) is 11.8 Å². The molecule has 0 aromatic carbocycles. The quantitative estimate of drug-likeness (QED) is 0.196. The van der Waals surface area contributed by atoms with Gasteiger partial charge in [0.1, 0.15) is 35.8 Å². The highest BCUT2D eigenvalue weighted by molar-refractivity contribution is 5.04. The van der Waals surface area contributed by atoms with E-state index in [-0.39, 0.29) is 13.2 Å². The fourth-order valence-electron chi connectivity index (χ4n) is 4.44. The number of aliphatic hydroxyl groups is 3. The van der Waals surface area contributed by atoms with Gasteiger partial charge in [-0.3, -0.25) is 0 Å². The van der Waals surface area contributed by atoms with Gasteiger partial charge in [-0.25, -0.2) is 0 Å². The zero-order valence-electron chi connectivity index (χ0n) is 18.0. The third kappa shape index (κ3) is 5.20. The second-order valence-corrected chi connectivity index (χ2v) is 8.81. The molecule has 12 heteroatoms. The molecule has 0 bridgehead atoms. The van der Waals surface area contributed by atoms with E-state index < -0.39 is 66.8 Å². The van der Waals surface area contributed by atoms with E-state index in [9.17, 15) is 15.3 Å². The molecule has 3 rings (SSSR count). The van der Waals surface area contributed by atoms with Gasteiger partial charge in [0.25, 0.3) is 0 Å². The topological polar surface area (TPSA) is 214 Å². The first-order chi connectivity index (χ1) is 14.6. The molecule has 31 heavy (non-hydrogen) atoms. The van der Waals surface area contributed by atoms with Crippen molar-refractivity contribution in [3.05, 3.63) is 11.8 Å². The van der Waals surface area contributed by atoms with Crippen LogP contribution in [0.25, 0.3) is 0 Å². The lowest BCUT2D eigenvalue weighted by molar-refractivity contribution is -0.303. The fraction of sp³-hybridized carbons (Fsp3) is 0.895. The predicted octanol–water partition coefficient (Wildman–Crippen LogP) is -3.85. The van der Waals surface area contributed by atoms with Crippen molar-refractivity contribution in [1.82, 2.24) is 5.32 Å². The molecule has 1 aliphatic carbocycles. The number of hydrogen-bond acceptors (Lipinski definition) is 12. The largest absolute Gasteiger partial charge is 0.467 e. The average Bonchev–Trinajstić information content (AvgIpc) is 2.71. The van der Waals surface area contributed by atoms with Crippen molar-refractivity contribution in [3.8, 4) is 0 Å². The number of rotatable bonds is 6. The van der Waals surface area contributed by atoms with Crippen molar-refractivity contribution in [2.75, 3.05) is 20.2 Å². The molecule has 0 spiro atoms. The summed E-state index contributed by atoms with van der Waals surface area (Å²) in [7, 11) is 1.62. The van der Waals surface area contributed by atoms with E-state index in [1.165, 1.54) is 0 Å². The van der Waals surface area contributed by atoms with E-state index >= 15 is 0 Å². The Morgan fingerprint density at radius 2 is 1.71 bits per heavy atom. The molecule has 11 atom stereocenters. The number of hydrogen-bond donors (Lipinski definition) is 8. The number of aliphatic hydroxyl groups excluding tert-OH is 2. The van der Waals surface area contributed by atoms with Crippen LogP contribution < -0.4 is 28.3 Å². The van der Waals surface area contributed by atoms with Crippen molar-refractivity contribution < 1.29 is 34.3 Å². The van der Waals surface area contributed by atoms with Crippen molar-refractivity contribution >= 4 is 0 Å². The molecule has 0 radical (unpaired) electrons. The van der Waals surface area contributed by atoms with E-state index in [1.807, 2.05) is 0 Å². The fourth-order valence-corrected chi connectivity index (χ4v) is 4.44. The summed E-state index contributed by atoms with van der Waals surface area (Å²) in [4.78, 5) is 0. The Labute approximate surface area is 181 Å². The van der Waals surface area contributed by atoms with Crippen molar-refractivity contribution in [3.63, 3.8) is 0 Å². The van der Waals surface area contributed by atoms with Crippen LogP contribution in [0.3, 0.4) is 0 Å². The number of nitrogens with one attached hydrogen (secondary N) is 1. The maximum absolute atomic E-state index is 11.0. The molecule has 2 aliphatic heterocycles. The Morgan fingerprint density at radius 3 is 2.29 bits per heavy atom. The summed E-state index contributed by atoms with van der Waals surface area (Å²) in [6, 6.07) is -2.37. The molecular formula is C19H37N5O7. The summed E-state index contributed by atoms with van der Waals surface area (Å²) >= 11 is 0. The Balaban J connectivity index is 1.69. The SMILES string of the molecule is CN[C@H]1[C@H](O)[C@H](O[C@@H]2[C@@H](O)[C@@H](O[C@H]3OC(CN)=CC[C@@H]3N)[C@@H](N)C[C@@H]2N)OC[C@]1(C)O. The van der Waals surface area contributed by atoms with Gasteiger partial charge in [-0.15, -0.1) is 0 Å². The van der Waals surface area contributed by atoms with Gasteiger partial charge in [0, 0.05) is 12.1 Å². The van der Waals surface area contributed by atoms with E-state index in [0.29, 0.717) is 18.6 Å². The van der Waals surface area contributed by atoms with Gasteiger partial charge in [-0.05, 0) is 32.9 Å². The van der Waals surface area contributed by atoms with E-state index in [0.717, 1.165) is 0 Å². The van der Waals surface area contributed by atoms with Crippen LogP contribution in [0, 0.1) is 0 Å². The first-order valence-electron chi connectivity index (χ1n) is 10.6. The highest BCUT2D eigenvalue weighted by Crippen LogP contribution is 2.31. The van der Waals surface area contributed by atoms with Gasteiger partial charge < -0.3 is 62.5 Å². The Kier molecular flexibility index (Phi) is 7.92. The Bertz CT molecular complexity index is 639. The molecule has 12 nitrogen and oxygen atoms in total. The third-order valence-electron chi connectivity index (χ3n) is 6.22. The van der Waals surface area contributed by atoms with Crippen molar-refractivity contribution in [2.45, 2.75) is 86.5 Å². The summed E-state index contributed by atoms with van der Waals surface area (Å²) in [5, 5.41) is 34.9. The van der Waals surface area contributed by atoms with E-state index in [1.54, 1.807) is 20.0 Å². The molecule has 12 N–H and O–H groups in total.